The Morgan fingerprint density at radius 3 is 2.21 bits per heavy atom. The van der Waals surface area contributed by atoms with Crippen LogP contribution in [0.1, 0.15) is 37.0 Å². The summed E-state index contributed by atoms with van der Waals surface area (Å²) >= 11 is 12.5. The number of para-hydroxylation sites is 1. The van der Waals surface area contributed by atoms with E-state index in [9.17, 15) is 18.0 Å². The Labute approximate surface area is 240 Å². The van der Waals surface area contributed by atoms with E-state index in [4.69, 9.17) is 23.2 Å². The first-order chi connectivity index (χ1) is 18.5. The van der Waals surface area contributed by atoms with Gasteiger partial charge >= 0.3 is 0 Å². The monoisotopic (exact) mass is 589 g/mol. The van der Waals surface area contributed by atoms with Crippen molar-refractivity contribution in [3.8, 4) is 0 Å². The highest BCUT2D eigenvalue weighted by Gasteiger charge is 2.34. The largest absolute Gasteiger partial charge is 0.357 e. The van der Waals surface area contributed by atoms with Crippen LogP contribution in [0.3, 0.4) is 0 Å². The molecule has 3 rings (SSSR count). The smallest absolute Gasteiger partial charge is 0.264 e. The number of hydrogen-bond acceptors (Lipinski definition) is 4. The molecule has 7 nitrogen and oxygen atoms in total. The lowest BCUT2D eigenvalue weighted by atomic mass is 10.1. The molecule has 0 saturated carbocycles. The summed E-state index contributed by atoms with van der Waals surface area (Å²) in [6, 6.07) is 17.6. The van der Waals surface area contributed by atoms with Gasteiger partial charge in [-0.1, -0.05) is 79.0 Å². The lowest BCUT2D eigenvalue weighted by Gasteiger charge is -2.33. The van der Waals surface area contributed by atoms with Crippen LogP contribution < -0.4 is 9.62 Å². The van der Waals surface area contributed by atoms with E-state index >= 15 is 0 Å². The van der Waals surface area contributed by atoms with Gasteiger partial charge in [0.05, 0.1) is 10.6 Å². The number of likely N-dealkylation sites (N-methyl/N-ethyl adjacent to an activating group) is 1. The van der Waals surface area contributed by atoms with Crippen LogP contribution in [0.4, 0.5) is 5.69 Å². The number of nitrogens with zero attached hydrogens (tertiary/aromatic N) is 2. The summed E-state index contributed by atoms with van der Waals surface area (Å²) in [7, 11) is -2.64. The number of amides is 2. The molecule has 0 aliphatic heterocycles. The summed E-state index contributed by atoms with van der Waals surface area (Å²) < 4.78 is 29.1. The molecule has 0 heterocycles. The first-order valence-electron chi connectivity index (χ1n) is 12.7. The van der Waals surface area contributed by atoms with Crippen LogP contribution >= 0.6 is 23.2 Å². The van der Waals surface area contributed by atoms with Crippen molar-refractivity contribution < 1.29 is 18.0 Å². The van der Waals surface area contributed by atoms with Gasteiger partial charge in [-0.2, -0.15) is 0 Å². The fraction of sp³-hybridized carbons (Fsp3) is 0.310. The number of anilines is 1. The molecule has 1 unspecified atom stereocenters. The van der Waals surface area contributed by atoms with Gasteiger partial charge in [-0.25, -0.2) is 8.42 Å². The molecule has 0 aromatic heterocycles. The van der Waals surface area contributed by atoms with Crippen LogP contribution in [-0.2, 0) is 32.6 Å². The zero-order chi connectivity index (χ0) is 28.7. The number of nitrogens with one attached hydrogen (secondary N) is 1. The normalized spacial score (nSPS) is 12.1. The molecule has 0 radical (unpaired) electrons. The van der Waals surface area contributed by atoms with Gasteiger partial charge in [0.2, 0.25) is 11.8 Å². The number of carbonyl (C=O) groups excluding carboxylic acids is 2. The first-order valence-corrected chi connectivity index (χ1v) is 14.8. The number of sulfonamides is 1. The van der Waals surface area contributed by atoms with Crippen molar-refractivity contribution >= 4 is 50.7 Å². The average molecular weight is 591 g/mol. The standard InChI is InChI=1S/C29H33Cl2N3O4S/c1-5-21-9-7-8-10-27(21)34(39(37,38)24-15-11-20(3)12-16-24)19-28(35)33(26(6-2)29(36)32-4)18-22-13-14-23(30)17-25(22)31/h7-17,26H,5-6,18-19H2,1-4H3,(H,32,36). The second-order valence-electron chi connectivity index (χ2n) is 9.10. The molecule has 1 atom stereocenters. The number of carbonyl (C=O) groups is 2. The Morgan fingerprint density at radius 1 is 0.949 bits per heavy atom. The van der Waals surface area contributed by atoms with Crippen LogP contribution in [0, 0.1) is 6.92 Å². The van der Waals surface area contributed by atoms with Crippen LogP contribution in [0.5, 0.6) is 0 Å². The highest BCUT2D eigenvalue weighted by Crippen LogP contribution is 2.29. The van der Waals surface area contributed by atoms with Crippen molar-refractivity contribution in [1.29, 1.82) is 0 Å². The summed E-state index contributed by atoms with van der Waals surface area (Å²) in [5, 5.41) is 3.38. The van der Waals surface area contributed by atoms with Crippen LogP contribution in [0.2, 0.25) is 10.0 Å². The molecule has 1 N–H and O–H groups in total. The van der Waals surface area contributed by atoms with Gasteiger partial charge in [0, 0.05) is 23.6 Å². The maximum absolute atomic E-state index is 14.0. The van der Waals surface area contributed by atoms with Gasteiger partial charge < -0.3 is 10.2 Å². The first kappa shape index (κ1) is 30.5. The van der Waals surface area contributed by atoms with Gasteiger partial charge in [-0.05, 0) is 61.2 Å². The number of aryl methyl sites for hydroxylation is 2. The van der Waals surface area contributed by atoms with Gasteiger partial charge in [-0.3, -0.25) is 13.9 Å². The van der Waals surface area contributed by atoms with E-state index in [1.54, 1.807) is 49.4 Å². The molecule has 0 aliphatic carbocycles. The Kier molecular flexibility index (Phi) is 10.4. The highest BCUT2D eigenvalue weighted by atomic mass is 35.5. The van der Waals surface area contributed by atoms with Crippen molar-refractivity contribution in [1.82, 2.24) is 10.2 Å². The summed E-state index contributed by atoms with van der Waals surface area (Å²) in [4.78, 5) is 28.3. The van der Waals surface area contributed by atoms with Gasteiger partial charge in [0.15, 0.2) is 0 Å². The summed E-state index contributed by atoms with van der Waals surface area (Å²) in [5.41, 5.74) is 2.67. The predicted octanol–water partition coefficient (Wildman–Crippen LogP) is 5.61. The minimum absolute atomic E-state index is 0.00535. The third-order valence-electron chi connectivity index (χ3n) is 6.52. The number of halogens is 2. The molecule has 39 heavy (non-hydrogen) atoms. The quantitative estimate of drug-likeness (QED) is 0.315. The van der Waals surface area contributed by atoms with Crippen molar-refractivity contribution in [2.45, 2.75) is 51.1 Å². The van der Waals surface area contributed by atoms with Gasteiger partial charge in [0.25, 0.3) is 10.0 Å². The minimum Gasteiger partial charge on any atom is -0.357 e. The van der Waals surface area contributed by atoms with E-state index in [1.807, 2.05) is 26.0 Å². The Morgan fingerprint density at radius 2 is 1.62 bits per heavy atom. The van der Waals surface area contributed by atoms with Crippen molar-refractivity contribution in [2.75, 3.05) is 17.9 Å². The summed E-state index contributed by atoms with van der Waals surface area (Å²) in [5.74, 6) is -0.907. The van der Waals surface area contributed by atoms with E-state index in [2.05, 4.69) is 5.32 Å². The summed E-state index contributed by atoms with van der Waals surface area (Å²) in [6.45, 7) is 5.07. The molecule has 3 aromatic carbocycles. The molecular formula is C29H33Cl2N3O4S. The van der Waals surface area contributed by atoms with Gasteiger partial charge in [-0.15, -0.1) is 0 Å². The molecule has 3 aromatic rings. The van der Waals surface area contributed by atoms with E-state index in [0.717, 1.165) is 15.4 Å². The molecular weight excluding hydrogens is 557 g/mol. The zero-order valence-corrected chi connectivity index (χ0v) is 24.8. The Bertz CT molecular complexity index is 1430. The maximum Gasteiger partial charge on any atom is 0.264 e. The molecule has 208 valence electrons. The van der Waals surface area contributed by atoms with E-state index in [1.165, 1.54) is 24.1 Å². The van der Waals surface area contributed by atoms with E-state index in [-0.39, 0.29) is 17.3 Å². The lowest BCUT2D eigenvalue weighted by molar-refractivity contribution is -0.140. The maximum atomic E-state index is 14.0. The summed E-state index contributed by atoms with van der Waals surface area (Å²) in [6.07, 6.45) is 0.872. The Balaban J connectivity index is 2.12. The van der Waals surface area contributed by atoms with Crippen LogP contribution in [0.25, 0.3) is 0 Å². The molecule has 0 spiro atoms. The predicted molar refractivity (Wildman–Crippen MR) is 157 cm³/mol. The van der Waals surface area contributed by atoms with Crippen LogP contribution in [0.15, 0.2) is 71.6 Å². The second-order valence-corrected chi connectivity index (χ2v) is 11.8. The average Bonchev–Trinajstić information content (AvgIpc) is 2.92. The third kappa shape index (κ3) is 7.12. The number of benzene rings is 3. The van der Waals surface area contributed by atoms with Gasteiger partial charge in [0.1, 0.15) is 12.6 Å². The highest BCUT2D eigenvalue weighted by molar-refractivity contribution is 7.92. The third-order valence-corrected chi connectivity index (χ3v) is 8.88. The molecule has 0 bridgehead atoms. The van der Waals surface area contributed by atoms with E-state index in [0.29, 0.717) is 34.1 Å². The van der Waals surface area contributed by atoms with Crippen molar-refractivity contribution in [2.24, 2.45) is 0 Å². The second kappa shape index (κ2) is 13.3. The fourth-order valence-corrected chi connectivity index (χ4v) is 6.24. The molecule has 10 heteroatoms. The van der Waals surface area contributed by atoms with Crippen molar-refractivity contribution in [3.63, 3.8) is 0 Å². The number of hydrogen-bond donors (Lipinski definition) is 1. The Hall–Kier alpha value is -3.07. The molecule has 2 amide bonds. The van der Waals surface area contributed by atoms with Crippen LogP contribution in [-0.4, -0.2) is 44.8 Å². The minimum atomic E-state index is -4.14. The fourth-order valence-electron chi connectivity index (χ4n) is 4.32. The molecule has 0 saturated heterocycles. The SMILES string of the molecule is CCc1ccccc1N(CC(=O)N(Cc1ccc(Cl)cc1Cl)C(CC)C(=O)NC)S(=O)(=O)c1ccc(C)cc1. The molecule has 0 fully saturated rings. The number of rotatable bonds is 11. The lowest BCUT2D eigenvalue weighted by Crippen LogP contribution is -2.51. The topological polar surface area (TPSA) is 86.8 Å². The molecule has 0 aliphatic rings. The van der Waals surface area contributed by atoms with E-state index < -0.39 is 28.5 Å². The zero-order valence-electron chi connectivity index (χ0n) is 22.4. The van der Waals surface area contributed by atoms with Crippen molar-refractivity contribution in [3.05, 3.63) is 93.5 Å².